The second kappa shape index (κ2) is 13.1. The summed E-state index contributed by atoms with van der Waals surface area (Å²) in [7, 11) is 0. The molecule has 5 heteroatoms. The molecule has 0 radical (unpaired) electrons. The number of nitrogens with zero attached hydrogens (tertiary/aromatic N) is 2. The number of para-hydroxylation sites is 2. The van der Waals surface area contributed by atoms with Crippen LogP contribution in [0, 0.1) is 6.92 Å². The predicted octanol–water partition coefficient (Wildman–Crippen LogP) is 7.04. The van der Waals surface area contributed by atoms with Gasteiger partial charge in [0.1, 0.15) is 11.6 Å². The van der Waals surface area contributed by atoms with E-state index in [1.165, 1.54) is 10.9 Å². The van der Waals surface area contributed by atoms with Crippen molar-refractivity contribution in [2.75, 3.05) is 13.2 Å². The summed E-state index contributed by atoms with van der Waals surface area (Å²) in [5.41, 5.74) is 4.49. The van der Waals surface area contributed by atoms with Crippen LogP contribution in [0.5, 0.6) is 5.75 Å². The molecule has 0 saturated heterocycles. The Labute approximate surface area is 230 Å². The summed E-state index contributed by atoms with van der Waals surface area (Å²) >= 11 is 0. The summed E-state index contributed by atoms with van der Waals surface area (Å²) in [6, 6.07) is 31.0. The van der Waals surface area contributed by atoms with Crippen molar-refractivity contribution in [1.82, 2.24) is 14.9 Å². The number of unbranched alkanes of at least 4 members (excludes halogenated alkanes) is 2. The smallest absolute Gasteiger partial charge is 0.224 e. The number of aromatic nitrogens is 2. The van der Waals surface area contributed by atoms with Gasteiger partial charge >= 0.3 is 0 Å². The molecule has 1 heterocycles. The quantitative estimate of drug-likeness (QED) is 0.170. The zero-order chi connectivity index (χ0) is 26.9. The number of carbonyl (C=O) groups is 1. The minimum absolute atomic E-state index is 0.0943. The van der Waals surface area contributed by atoms with Crippen LogP contribution in [0.1, 0.15) is 42.6 Å². The number of amides is 1. The highest BCUT2D eigenvalue weighted by atomic mass is 16.5. The average Bonchev–Trinajstić information content (AvgIpc) is 3.31. The van der Waals surface area contributed by atoms with E-state index in [1.54, 1.807) is 0 Å². The van der Waals surface area contributed by atoms with Gasteiger partial charge in [-0.1, -0.05) is 79.2 Å². The second-order valence-corrected chi connectivity index (χ2v) is 10.1. The van der Waals surface area contributed by atoms with Crippen molar-refractivity contribution in [3.05, 3.63) is 108 Å². The van der Waals surface area contributed by atoms with Gasteiger partial charge in [-0.3, -0.25) is 4.79 Å². The minimum Gasteiger partial charge on any atom is -0.493 e. The maximum Gasteiger partial charge on any atom is 0.224 e. The first kappa shape index (κ1) is 26.5. The molecule has 1 aromatic heterocycles. The van der Waals surface area contributed by atoms with Gasteiger partial charge in [-0.15, -0.1) is 0 Å². The van der Waals surface area contributed by atoms with E-state index in [-0.39, 0.29) is 5.91 Å². The van der Waals surface area contributed by atoms with E-state index < -0.39 is 0 Å². The molecule has 0 atom stereocenters. The molecular weight excluding hydrogens is 482 g/mol. The summed E-state index contributed by atoms with van der Waals surface area (Å²) in [6.45, 7) is 4.29. The van der Waals surface area contributed by atoms with Gasteiger partial charge in [0, 0.05) is 24.9 Å². The van der Waals surface area contributed by atoms with Gasteiger partial charge in [0.2, 0.25) is 5.91 Å². The maximum atomic E-state index is 12.3. The third kappa shape index (κ3) is 6.85. The fraction of sp³-hybridized carbons (Fsp3) is 0.294. The Morgan fingerprint density at radius 2 is 1.64 bits per heavy atom. The fourth-order valence-electron chi connectivity index (χ4n) is 5.15. The molecule has 5 aromatic rings. The monoisotopic (exact) mass is 519 g/mol. The van der Waals surface area contributed by atoms with Crippen molar-refractivity contribution in [2.45, 2.75) is 52.0 Å². The van der Waals surface area contributed by atoms with Gasteiger partial charge in [-0.2, -0.15) is 0 Å². The number of nitrogens with one attached hydrogen (secondary N) is 1. The molecule has 0 unspecified atom stereocenters. The van der Waals surface area contributed by atoms with Crippen LogP contribution >= 0.6 is 0 Å². The van der Waals surface area contributed by atoms with Crippen molar-refractivity contribution in [1.29, 1.82) is 0 Å². The number of hydrogen-bond donors (Lipinski definition) is 1. The Hall–Kier alpha value is -4.12. The highest BCUT2D eigenvalue weighted by Gasteiger charge is 2.11. The highest BCUT2D eigenvalue weighted by molar-refractivity contribution is 5.88. The second-order valence-electron chi connectivity index (χ2n) is 10.1. The molecule has 39 heavy (non-hydrogen) atoms. The fourth-order valence-corrected chi connectivity index (χ4v) is 5.15. The van der Waals surface area contributed by atoms with Crippen LogP contribution < -0.4 is 10.1 Å². The van der Waals surface area contributed by atoms with Gasteiger partial charge < -0.3 is 14.6 Å². The standard InChI is InChI=1S/C34H37N3O2/c1-26-13-4-5-15-28(26)25-34(38)35-22-10-2-3-21-33-36-30-18-8-9-19-31(30)37(33)23-12-24-39-32-20-11-16-27-14-6-7-17-29(27)32/h4-9,11,13-20H,2-3,10,12,21-25H2,1H3,(H,35,38). The molecule has 0 aliphatic rings. The molecule has 5 rings (SSSR count). The van der Waals surface area contributed by atoms with Crippen molar-refractivity contribution in [3.8, 4) is 5.75 Å². The first-order valence-corrected chi connectivity index (χ1v) is 14.0. The first-order chi connectivity index (χ1) is 19.2. The molecule has 0 aliphatic carbocycles. The molecule has 0 aliphatic heterocycles. The summed E-state index contributed by atoms with van der Waals surface area (Å²) in [5, 5.41) is 5.43. The SMILES string of the molecule is Cc1ccccc1CC(=O)NCCCCCc1nc2ccccc2n1CCCOc1cccc2ccccc12. The molecule has 4 aromatic carbocycles. The molecule has 1 amide bonds. The zero-order valence-electron chi connectivity index (χ0n) is 22.7. The van der Waals surface area contributed by atoms with Gasteiger partial charge in [-0.25, -0.2) is 4.98 Å². The number of benzene rings is 4. The van der Waals surface area contributed by atoms with Crippen LogP contribution in [-0.2, 0) is 24.2 Å². The molecule has 200 valence electrons. The van der Waals surface area contributed by atoms with Gasteiger partial charge in [-0.05, 0) is 60.9 Å². The minimum atomic E-state index is 0.0943. The summed E-state index contributed by atoms with van der Waals surface area (Å²) < 4.78 is 8.54. The predicted molar refractivity (Wildman–Crippen MR) is 159 cm³/mol. The van der Waals surface area contributed by atoms with Crippen molar-refractivity contribution >= 4 is 27.7 Å². The van der Waals surface area contributed by atoms with Crippen LogP contribution in [0.3, 0.4) is 0 Å². The third-order valence-corrected chi connectivity index (χ3v) is 7.28. The number of aryl methyl sites for hydroxylation is 3. The van der Waals surface area contributed by atoms with Gasteiger partial charge in [0.25, 0.3) is 0 Å². The topological polar surface area (TPSA) is 56.2 Å². The zero-order valence-corrected chi connectivity index (χ0v) is 22.7. The number of imidazole rings is 1. The Morgan fingerprint density at radius 3 is 2.56 bits per heavy atom. The lowest BCUT2D eigenvalue weighted by molar-refractivity contribution is -0.120. The molecule has 0 saturated carbocycles. The molecule has 0 spiro atoms. The van der Waals surface area contributed by atoms with Crippen LogP contribution in [0.4, 0.5) is 0 Å². The van der Waals surface area contributed by atoms with E-state index in [0.717, 1.165) is 72.3 Å². The number of rotatable bonds is 13. The molecule has 1 N–H and O–H groups in total. The van der Waals surface area contributed by atoms with E-state index in [2.05, 4.69) is 64.5 Å². The lowest BCUT2D eigenvalue weighted by Gasteiger charge is -2.12. The van der Waals surface area contributed by atoms with Crippen molar-refractivity contribution < 1.29 is 9.53 Å². The molecule has 5 nitrogen and oxygen atoms in total. The summed E-state index contributed by atoms with van der Waals surface area (Å²) in [4.78, 5) is 17.3. The number of ether oxygens (including phenoxy) is 1. The largest absolute Gasteiger partial charge is 0.493 e. The van der Waals surface area contributed by atoms with E-state index in [0.29, 0.717) is 19.6 Å². The average molecular weight is 520 g/mol. The van der Waals surface area contributed by atoms with Crippen molar-refractivity contribution in [2.24, 2.45) is 0 Å². The van der Waals surface area contributed by atoms with E-state index in [4.69, 9.17) is 9.72 Å². The molecular formula is C34H37N3O2. The lowest BCUT2D eigenvalue weighted by Crippen LogP contribution is -2.26. The Balaban J connectivity index is 1.09. The first-order valence-electron chi connectivity index (χ1n) is 14.0. The number of hydrogen-bond acceptors (Lipinski definition) is 3. The number of carbonyl (C=O) groups excluding carboxylic acids is 1. The van der Waals surface area contributed by atoms with Crippen LogP contribution in [0.25, 0.3) is 21.8 Å². The summed E-state index contributed by atoms with van der Waals surface area (Å²) in [6.07, 6.45) is 5.35. The lowest BCUT2D eigenvalue weighted by atomic mass is 10.1. The number of fused-ring (bicyclic) bond motifs is 2. The molecule has 0 bridgehead atoms. The van der Waals surface area contributed by atoms with Gasteiger partial charge in [0.05, 0.1) is 24.1 Å². The third-order valence-electron chi connectivity index (χ3n) is 7.28. The Morgan fingerprint density at radius 1 is 0.846 bits per heavy atom. The normalized spacial score (nSPS) is 11.2. The van der Waals surface area contributed by atoms with E-state index in [9.17, 15) is 4.79 Å². The van der Waals surface area contributed by atoms with Crippen LogP contribution in [0.2, 0.25) is 0 Å². The maximum absolute atomic E-state index is 12.3. The van der Waals surface area contributed by atoms with E-state index >= 15 is 0 Å². The van der Waals surface area contributed by atoms with Crippen LogP contribution in [-0.4, -0.2) is 28.6 Å². The Bertz CT molecular complexity index is 1530. The van der Waals surface area contributed by atoms with Crippen LogP contribution in [0.15, 0.2) is 91.0 Å². The van der Waals surface area contributed by atoms with E-state index in [1.807, 2.05) is 43.3 Å². The summed E-state index contributed by atoms with van der Waals surface area (Å²) in [5.74, 6) is 2.16. The Kier molecular flexibility index (Phi) is 8.90. The molecule has 0 fully saturated rings. The van der Waals surface area contributed by atoms with Crippen molar-refractivity contribution in [3.63, 3.8) is 0 Å². The van der Waals surface area contributed by atoms with Gasteiger partial charge in [0.15, 0.2) is 0 Å². The highest BCUT2D eigenvalue weighted by Crippen LogP contribution is 2.25.